The molecule has 0 atom stereocenters. The monoisotopic (exact) mass is 346 g/mol. The summed E-state index contributed by atoms with van der Waals surface area (Å²) in [6.45, 7) is 2.10. The molecule has 0 unspecified atom stereocenters. The highest BCUT2D eigenvalue weighted by molar-refractivity contribution is 7.98. The van der Waals surface area contributed by atoms with Gasteiger partial charge in [-0.3, -0.25) is 0 Å². The second-order valence-electron chi connectivity index (χ2n) is 5.60. The van der Waals surface area contributed by atoms with E-state index in [9.17, 15) is 5.26 Å². The van der Waals surface area contributed by atoms with Crippen LogP contribution >= 0.6 is 11.8 Å². The normalized spacial score (nSPS) is 10.3. The lowest BCUT2D eigenvalue weighted by Crippen LogP contribution is -1.93. The van der Waals surface area contributed by atoms with Gasteiger partial charge in [0, 0.05) is 11.3 Å². The number of methoxy groups -OCH3 is 1. The lowest BCUT2D eigenvalue weighted by atomic mass is 10.1. The van der Waals surface area contributed by atoms with Crippen molar-refractivity contribution in [3.8, 4) is 23.1 Å². The van der Waals surface area contributed by atoms with Gasteiger partial charge in [0.25, 0.3) is 0 Å². The maximum atomic E-state index is 9.38. The van der Waals surface area contributed by atoms with Crippen LogP contribution in [0.4, 0.5) is 0 Å². The number of thioether (sulfide) groups is 1. The summed E-state index contributed by atoms with van der Waals surface area (Å²) in [7, 11) is 1.65. The number of ether oxygens (including phenoxy) is 1. The van der Waals surface area contributed by atoms with E-state index in [4.69, 9.17) is 9.72 Å². The summed E-state index contributed by atoms with van der Waals surface area (Å²) in [6, 6.07) is 22.0. The third-order valence-corrected chi connectivity index (χ3v) is 5.03. The number of benzene rings is 2. The van der Waals surface area contributed by atoms with Crippen LogP contribution in [0.5, 0.6) is 5.75 Å². The molecule has 0 N–H and O–H groups in total. The molecule has 3 aromatic rings. The molecule has 0 radical (unpaired) electrons. The van der Waals surface area contributed by atoms with E-state index in [2.05, 4.69) is 25.1 Å². The Hall–Kier alpha value is -2.77. The van der Waals surface area contributed by atoms with Gasteiger partial charge in [0.05, 0.1) is 18.4 Å². The largest absolute Gasteiger partial charge is 0.497 e. The van der Waals surface area contributed by atoms with Gasteiger partial charge < -0.3 is 4.74 Å². The van der Waals surface area contributed by atoms with Crippen molar-refractivity contribution in [1.29, 1.82) is 5.26 Å². The predicted molar refractivity (Wildman–Crippen MR) is 102 cm³/mol. The van der Waals surface area contributed by atoms with Gasteiger partial charge in [-0.05, 0) is 54.4 Å². The maximum Gasteiger partial charge on any atom is 0.118 e. The van der Waals surface area contributed by atoms with E-state index < -0.39 is 0 Å². The van der Waals surface area contributed by atoms with E-state index >= 15 is 0 Å². The molecule has 3 nitrogen and oxygen atoms in total. The third-order valence-electron chi connectivity index (χ3n) is 3.99. The first kappa shape index (κ1) is 17.1. The molecule has 0 aliphatic carbocycles. The number of nitriles is 1. The highest BCUT2D eigenvalue weighted by Gasteiger charge is 2.09. The van der Waals surface area contributed by atoms with Crippen molar-refractivity contribution in [2.24, 2.45) is 0 Å². The fraction of sp³-hybridized carbons (Fsp3) is 0.143. The molecule has 124 valence electrons. The lowest BCUT2D eigenvalue weighted by molar-refractivity contribution is 0.415. The second kappa shape index (κ2) is 7.87. The first-order chi connectivity index (χ1) is 12.2. The van der Waals surface area contributed by atoms with Crippen LogP contribution in [0.25, 0.3) is 11.3 Å². The average Bonchev–Trinajstić information content (AvgIpc) is 2.67. The zero-order valence-corrected chi connectivity index (χ0v) is 15.0. The molecular formula is C21H18N2OS. The molecule has 0 saturated heterocycles. The average molecular weight is 346 g/mol. The summed E-state index contributed by atoms with van der Waals surface area (Å²) in [6.07, 6.45) is 0. The van der Waals surface area contributed by atoms with E-state index in [1.807, 2.05) is 48.5 Å². The number of nitrogens with zero attached hydrogens (tertiary/aromatic N) is 2. The van der Waals surface area contributed by atoms with Crippen LogP contribution in [0.1, 0.15) is 16.7 Å². The van der Waals surface area contributed by atoms with Gasteiger partial charge in [-0.2, -0.15) is 5.26 Å². The van der Waals surface area contributed by atoms with Gasteiger partial charge >= 0.3 is 0 Å². The Morgan fingerprint density at radius 1 is 1.04 bits per heavy atom. The van der Waals surface area contributed by atoms with Gasteiger partial charge in [0.15, 0.2) is 0 Å². The minimum absolute atomic E-state index is 0.607. The molecule has 0 spiro atoms. The van der Waals surface area contributed by atoms with Gasteiger partial charge in [-0.1, -0.05) is 24.3 Å². The van der Waals surface area contributed by atoms with E-state index in [1.54, 1.807) is 18.9 Å². The number of hydrogen-bond acceptors (Lipinski definition) is 4. The Labute approximate surface area is 152 Å². The third kappa shape index (κ3) is 4.01. The first-order valence-electron chi connectivity index (χ1n) is 7.94. The molecular weight excluding hydrogens is 328 g/mol. The number of rotatable bonds is 5. The minimum Gasteiger partial charge on any atom is -0.497 e. The molecule has 3 rings (SSSR count). The van der Waals surface area contributed by atoms with Crippen molar-refractivity contribution in [3.05, 3.63) is 77.4 Å². The Bertz CT molecular complexity index is 914. The molecule has 0 bridgehead atoms. The number of aryl methyl sites for hydroxylation is 1. The summed E-state index contributed by atoms with van der Waals surface area (Å²) in [5.41, 5.74) is 4.97. The molecule has 0 amide bonds. The lowest BCUT2D eigenvalue weighted by Gasteiger charge is -2.09. The Kier molecular flexibility index (Phi) is 5.37. The molecule has 1 heterocycles. The standard InChI is InChI=1S/C21H18N2OS/c1-15-5-3-4-6-18(15)14-25-21-17(13-22)9-12-20(23-21)16-7-10-19(24-2)11-8-16/h3-12H,14H2,1-2H3. The van der Waals surface area contributed by atoms with Crippen molar-refractivity contribution in [2.45, 2.75) is 17.7 Å². The highest BCUT2D eigenvalue weighted by Crippen LogP contribution is 2.29. The molecule has 2 aromatic carbocycles. The Morgan fingerprint density at radius 2 is 1.80 bits per heavy atom. The van der Waals surface area contributed by atoms with Crippen LogP contribution in [0.3, 0.4) is 0 Å². The van der Waals surface area contributed by atoms with Crippen LogP contribution in [0.15, 0.2) is 65.7 Å². The van der Waals surface area contributed by atoms with Crippen molar-refractivity contribution in [3.63, 3.8) is 0 Å². The van der Waals surface area contributed by atoms with Crippen LogP contribution < -0.4 is 4.74 Å². The van der Waals surface area contributed by atoms with Crippen molar-refractivity contribution < 1.29 is 4.74 Å². The number of pyridine rings is 1. The second-order valence-corrected chi connectivity index (χ2v) is 6.57. The summed E-state index contributed by atoms with van der Waals surface area (Å²) >= 11 is 1.60. The topological polar surface area (TPSA) is 45.9 Å². The van der Waals surface area contributed by atoms with E-state index in [0.29, 0.717) is 5.56 Å². The molecule has 25 heavy (non-hydrogen) atoms. The van der Waals surface area contributed by atoms with Crippen LogP contribution in [0.2, 0.25) is 0 Å². The summed E-state index contributed by atoms with van der Waals surface area (Å²) in [5.74, 6) is 1.60. The Morgan fingerprint density at radius 3 is 2.48 bits per heavy atom. The first-order valence-corrected chi connectivity index (χ1v) is 8.92. The van der Waals surface area contributed by atoms with Crippen molar-refractivity contribution >= 4 is 11.8 Å². The van der Waals surface area contributed by atoms with Gasteiger partial charge in [-0.15, -0.1) is 11.8 Å². The molecule has 4 heteroatoms. The molecule has 1 aromatic heterocycles. The summed E-state index contributed by atoms with van der Waals surface area (Å²) < 4.78 is 5.20. The zero-order chi connectivity index (χ0) is 17.6. The SMILES string of the molecule is COc1ccc(-c2ccc(C#N)c(SCc3ccccc3C)n2)cc1. The molecule has 0 fully saturated rings. The quantitative estimate of drug-likeness (QED) is 0.594. The zero-order valence-electron chi connectivity index (χ0n) is 14.2. The van der Waals surface area contributed by atoms with E-state index in [0.717, 1.165) is 27.8 Å². The maximum absolute atomic E-state index is 9.38. The fourth-order valence-electron chi connectivity index (χ4n) is 2.48. The molecule has 0 aliphatic rings. The van der Waals surface area contributed by atoms with Gasteiger partial charge in [0.1, 0.15) is 16.8 Å². The Balaban J connectivity index is 1.87. The van der Waals surface area contributed by atoms with Gasteiger partial charge in [0.2, 0.25) is 0 Å². The van der Waals surface area contributed by atoms with Crippen LogP contribution in [0, 0.1) is 18.3 Å². The van der Waals surface area contributed by atoms with Crippen LogP contribution in [-0.4, -0.2) is 12.1 Å². The summed E-state index contributed by atoms with van der Waals surface area (Å²) in [4.78, 5) is 4.71. The number of hydrogen-bond donors (Lipinski definition) is 0. The minimum atomic E-state index is 0.607. The van der Waals surface area contributed by atoms with Crippen molar-refractivity contribution in [2.75, 3.05) is 7.11 Å². The number of aromatic nitrogens is 1. The molecule has 0 aliphatic heterocycles. The van der Waals surface area contributed by atoms with E-state index in [-0.39, 0.29) is 0 Å². The predicted octanol–water partition coefficient (Wildman–Crippen LogP) is 5.23. The smallest absolute Gasteiger partial charge is 0.118 e. The highest BCUT2D eigenvalue weighted by atomic mass is 32.2. The van der Waals surface area contributed by atoms with Crippen LogP contribution in [-0.2, 0) is 5.75 Å². The summed E-state index contributed by atoms with van der Waals surface area (Å²) in [5, 5.41) is 10.1. The van der Waals surface area contributed by atoms with E-state index in [1.165, 1.54) is 11.1 Å². The fourth-order valence-corrected chi connectivity index (χ4v) is 3.52. The van der Waals surface area contributed by atoms with Crippen molar-refractivity contribution in [1.82, 2.24) is 4.98 Å². The van der Waals surface area contributed by atoms with Gasteiger partial charge in [-0.25, -0.2) is 4.98 Å². The molecule has 0 saturated carbocycles.